The molecule has 4 aromatic heterocycles. The Hall–Kier alpha value is -3.21. The van der Waals surface area contributed by atoms with Crippen molar-refractivity contribution < 1.29 is 4.74 Å². The first-order chi connectivity index (χ1) is 12.2. The van der Waals surface area contributed by atoms with E-state index in [1.165, 1.54) is 0 Å². The van der Waals surface area contributed by atoms with E-state index in [1.54, 1.807) is 6.20 Å². The molecule has 0 unspecified atom stereocenters. The second-order valence-electron chi connectivity index (χ2n) is 5.80. The number of H-pyrrole nitrogens is 1. The molecule has 0 aromatic carbocycles. The maximum absolute atomic E-state index is 5.59. The molecule has 0 fully saturated rings. The lowest BCUT2D eigenvalue weighted by Gasteiger charge is -2.09. The Balaban J connectivity index is 1.91. The van der Waals surface area contributed by atoms with Crippen LogP contribution in [0.2, 0.25) is 0 Å². The summed E-state index contributed by atoms with van der Waals surface area (Å²) in [6.45, 7) is 4.55. The molecular weight excluding hydrogens is 312 g/mol. The Labute approximate surface area is 145 Å². The summed E-state index contributed by atoms with van der Waals surface area (Å²) in [5.74, 6) is 0.760. The van der Waals surface area contributed by atoms with Crippen molar-refractivity contribution >= 4 is 11.0 Å². The van der Waals surface area contributed by atoms with E-state index in [1.807, 2.05) is 56.6 Å². The normalized spacial score (nSPS) is 11.0. The van der Waals surface area contributed by atoms with E-state index in [-0.39, 0.29) is 0 Å². The number of fused-ring (bicyclic) bond motifs is 1. The fraction of sp³-hybridized carbons (Fsp3) is 0.150. The number of hydrogen-bond donors (Lipinski definition) is 1. The Morgan fingerprint density at radius 1 is 1.04 bits per heavy atom. The maximum Gasteiger partial charge on any atom is 0.138 e. The number of nitrogens with one attached hydrogen (secondary N) is 1. The lowest BCUT2D eigenvalue weighted by molar-refractivity contribution is 0.339. The van der Waals surface area contributed by atoms with Gasteiger partial charge in [0.25, 0.3) is 0 Å². The molecule has 0 saturated carbocycles. The highest BCUT2D eigenvalue weighted by molar-refractivity contribution is 5.95. The van der Waals surface area contributed by atoms with Crippen LogP contribution >= 0.6 is 0 Å². The smallest absolute Gasteiger partial charge is 0.138 e. The molecule has 4 aromatic rings. The highest BCUT2D eigenvalue weighted by Gasteiger charge is 2.12. The van der Waals surface area contributed by atoms with Crippen molar-refractivity contribution in [2.75, 3.05) is 6.61 Å². The first-order valence-electron chi connectivity index (χ1n) is 8.25. The van der Waals surface area contributed by atoms with E-state index in [0.717, 1.165) is 45.0 Å². The van der Waals surface area contributed by atoms with Crippen molar-refractivity contribution in [3.63, 3.8) is 0 Å². The third kappa shape index (κ3) is 2.96. The van der Waals surface area contributed by atoms with E-state index in [4.69, 9.17) is 9.72 Å². The molecule has 0 aliphatic carbocycles. The summed E-state index contributed by atoms with van der Waals surface area (Å²) in [7, 11) is 0. The van der Waals surface area contributed by atoms with Gasteiger partial charge >= 0.3 is 0 Å². The van der Waals surface area contributed by atoms with Gasteiger partial charge in [0.2, 0.25) is 0 Å². The van der Waals surface area contributed by atoms with Crippen LogP contribution in [0.15, 0.2) is 55.0 Å². The third-order valence-electron chi connectivity index (χ3n) is 4.01. The van der Waals surface area contributed by atoms with Gasteiger partial charge in [-0.15, -0.1) is 0 Å². The lowest BCUT2D eigenvalue weighted by atomic mass is 10.0. The van der Waals surface area contributed by atoms with E-state index < -0.39 is 0 Å². The Morgan fingerprint density at radius 2 is 1.96 bits per heavy atom. The predicted octanol–water partition coefficient (Wildman–Crippen LogP) is 4.39. The molecule has 4 rings (SSSR count). The van der Waals surface area contributed by atoms with Gasteiger partial charge in [0.15, 0.2) is 0 Å². The number of nitrogens with zero attached hydrogens (tertiary/aromatic N) is 3. The quantitative estimate of drug-likeness (QED) is 0.602. The summed E-state index contributed by atoms with van der Waals surface area (Å²) >= 11 is 0. The molecule has 0 atom stereocenters. The average Bonchev–Trinajstić information content (AvgIpc) is 3.10. The molecular formula is C20H18N4O. The molecule has 0 amide bonds. The molecule has 0 aliphatic rings. The molecule has 4 heterocycles. The summed E-state index contributed by atoms with van der Waals surface area (Å²) in [6.07, 6.45) is 5.47. The van der Waals surface area contributed by atoms with Gasteiger partial charge in [-0.05, 0) is 49.7 Å². The van der Waals surface area contributed by atoms with Crippen LogP contribution < -0.4 is 4.74 Å². The van der Waals surface area contributed by atoms with E-state index in [0.29, 0.717) is 6.61 Å². The summed E-state index contributed by atoms with van der Waals surface area (Å²) in [5.41, 5.74) is 5.53. The van der Waals surface area contributed by atoms with Gasteiger partial charge in [-0.3, -0.25) is 9.97 Å². The number of aryl methyl sites for hydroxylation is 1. The van der Waals surface area contributed by atoms with Crippen LogP contribution in [0, 0.1) is 6.92 Å². The van der Waals surface area contributed by atoms with Gasteiger partial charge in [0.05, 0.1) is 24.2 Å². The third-order valence-corrected chi connectivity index (χ3v) is 4.01. The molecule has 0 radical (unpaired) electrons. The highest BCUT2D eigenvalue weighted by Crippen LogP contribution is 2.32. The zero-order valence-corrected chi connectivity index (χ0v) is 14.2. The molecule has 0 saturated heterocycles. The Morgan fingerprint density at radius 3 is 2.80 bits per heavy atom. The number of ether oxygens (including phenoxy) is 1. The van der Waals surface area contributed by atoms with Gasteiger partial charge < -0.3 is 9.72 Å². The molecule has 0 bridgehead atoms. The topological polar surface area (TPSA) is 63.7 Å². The molecule has 5 heteroatoms. The zero-order valence-electron chi connectivity index (χ0n) is 14.2. The standard InChI is InChI=1S/C20H18N4O/c1-3-25-15-9-14(11-21-12-15)17-10-19(18-6-4-5-13(2)23-18)24-20-16(17)7-8-22-20/h4-12H,3H2,1-2H3,(H,22,24). The van der Waals surface area contributed by atoms with Crippen LogP contribution in [0.5, 0.6) is 5.75 Å². The number of aromatic amines is 1. The number of aromatic nitrogens is 4. The van der Waals surface area contributed by atoms with E-state index in [2.05, 4.69) is 21.0 Å². The van der Waals surface area contributed by atoms with Crippen molar-refractivity contribution in [1.29, 1.82) is 0 Å². The molecule has 5 nitrogen and oxygen atoms in total. The first kappa shape index (κ1) is 15.3. The predicted molar refractivity (Wildman–Crippen MR) is 98.5 cm³/mol. The van der Waals surface area contributed by atoms with Crippen LogP contribution in [0.25, 0.3) is 33.5 Å². The van der Waals surface area contributed by atoms with E-state index >= 15 is 0 Å². The molecule has 0 aliphatic heterocycles. The van der Waals surface area contributed by atoms with Crippen LogP contribution in [0.3, 0.4) is 0 Å². The minimum atomic E-state index is 0.611. The zero-order chi connectivity index (χ0) is 17.2. The fourth-order valence-corrected chi connectivity index (χ4v) is 2.91. The monoisotopic (exact) mass is 330 g/mol. The van der Waals surface area contributed by atoms with Crippen molar-refractivity contribution in [2.45, 2.75) is 13.8 Å². The van der Waals surface area contributed by atoms with Crippen LogP contribution in [0.4, 0.5) is 0 Å². The maximum atomic E-state index is 5.59. The first-order valence-corrected chi connectivity index (χ1v) is 8.25. The fourth-order valence-electron chi connectivity index (χ4n) is 2.91. The second kappa shape index (κ2) is 6.36. The van der Waals surface area contributed by atoms with Gasteiger partial charge in [-0.2, -0.15) is 0 Å². The highest BCUT2D eigenvalue weighted by atomic mass is 16.5. The number of rotatable bonds is 4. The SMILES string of the molecule is CCOc1cncc(-c2cc(-c3cccc(C)n3)nc3[nH]ccc23)c1. The van der Waals surface area contributed by atoms with Gasteiger partial charge in [-0.1, -0.05) is 6.07 Å². The number of hydrogen-bond acceptors (Lipinski definition) is 4. The van der Waals surface area contributed by atoms with Gasteiger partial charge in [0, 0.05) is 29.0 Å². The van der Waals surface area contributed by atoms with Gasteiger partial charge in [0.1, 0.15) is 11.4 Å². The van der Waals surface area contributed by atoms with Gasteiger partial charge in [-0.25, -0.2) is 4.98 Å². The van der Waals surface area contributed by atoms with Crippen molar-refractivity contribution in [2.24, 2.45) is 0 Å². The van der Waals surface area contributed by atoms with E-state index in [9.17, 15) is 0 Å². The average molecular weight is 330 g/mol. The molecule has 124 valence electrons. The lowest BCUT2D eigenvalue weighted by Crippen LogP contribution is -1.94. The second-order valence-corrected chi connectivity index (χ2v) is 5.80. The Bertz CT molecular complexity index is 1040. The largest absolute Gasteiger partial charge is 0.492 e. The summed E-state index contributed by atoms with van der Waals surface area (Å²) < 4.78 is 5.59. The van der Waals surface area contributed by atoms with Crippen LogP contribution in [0.1, 0.15) is 12.6 Å². The van der Waals surface area contributed by atoms with Crippen molar-refractivity contribution in [3.8, 4) is 28.3 Å². The Kier molecular flexibility index (Phi) is 3.90. The summed E-state index contributed by atoms with van der Waals surface area (Å²) in [5, 5.41) is 1.05. The molecule has 1 N–H and O–H groups in total. The minimum absolute atomic E-state index is 0.611. The summed E-state index contributed by atoms with van der Waals surface area (Å²) in [4.78, 5) is 16.8. The molecule has 0 spiro atoms. The van der Waals surface area contributed by atoms with Crippen LogP contribution in [-0.4, -0.2) is 26.5 Å². The van der Waals surface area contributed by atoms with Crippen molar-refractivity contribution in [1.82, 2.24) is 19.9 Å². The minimum Gasteiger partial charge on any atom is -0.492 e. The van der Waals surface area contributed by atoms with Crippen molar-refractivity contribution in [3.05, 3.63) is 60.7 Å². The number of pyridine rings is 3. The van der Waals surface area contributed by atoms with Crippen LogP contribution in [-0.2, 0) is 0 Å². The summed E-state index contributed by atoms with van der Waals surface area (Å²) in [6, 6.07) is 12.0. The molecule has 25 heavy (non-hydrogen) atoms.